The number of anilines is 1. The summed E-state index contributed by atoms with van der Waals surface area (Å²) in [5.74, 6) is 0.0169. The molecule has 1 saturated heterocycles. The number of likely N-dealkylation sites (tertiary alicyclic amines) is 1. The fourth-order valence-electron chi connectivity index (χ4n) is 3.53. The molecule has 154 valence electrons. The highest BCUT2D eigenvalue weighted by Crippen LogP contribution is 2.23. The lowest BCUT2D eigenvalue weighted by Crippen LogP contribution is -2.44. The van der Waals surface area contributed by atoms with Crippen molar-refractivity contribution in [3.05, 3.63) is 65.2 Å². The molecule has 1 aliphatic heterocycles. The molecule has 2 N–H and O–H groups in total. The van der Waals surface area contributed by atoms with Crippen LogP contribution in [0.4, 0.5) is 5.69 Å². The Hall–Kier alpha value is -2.24. The third-order valence-electron chi connectivity index (χ3n) is 5.45. The van der Waals surface area contributed by atoms with Crippen LogP contribution in [0, 0.1) is 0 Å². The first-order valence-corrected chi connectivity index (χ1v) is 10.6. The lowest BCUT2D eigenvalue weighted by atomic mass is 9.86. The fourth-order valence-corrected chi connectivity index (χ4v) is 3.82. The molecule has 4 nitrogen and oxygen atoms in total. The summed E-state index contributed by atoms with van der Waals surface area (Å²) >= 11 is 5.48. The second kappa shape index (κ2) is 9.06. The van der Waals surface area contributed by atoms with Gasteiger partial charge in [-0.3, -0.25) is 4.79 Å². The number of rotatable bonds is 4. The quantitative estimate of drug-likeness (QED) is 0.571. The van der Waals surface area contributed by atoms with Crippen LogP contribution in [0.15, 0.2) is 48.5 Å². The van der Waals surface area contributed by atoms with Gasteiger partial charge in [0.1, 0.15) is 0 Å². The zero-order valence-corrected chi connectivity index (χ0v) is 18.6. The summed E-state index contributed by atoms with van der Waals surface area (Å²) in [5.41, 5.74) is 3.46. The molecule has 0 aromatic heterocycles. The van der Waals surface area contributed by atoms with Crippen LogP contribution in [0.5, 0.6) is 0 Å². The monoisotopic (exact) mass is 409 g/mol. The summed E-state index contributed by atoms with van der Waals surface area (Å²) in [6.07, 6.45) is 2.17. The van der Waals surface area contributed by atoms with Gasteiger partial charge in [-0.2, -0.15) is 0 Å². The maximum atomic E-state index is 12.9. The van der Waals surface area contributed by atoms with Crippen molar-refractivity contribution in [3.63, 3.8) is 0 Å². The fraction of sp³-hybridized carbons (Fsp3) is 0.417. The number of thiocarbonyl (C=S) groups is 1. The molecule has 0 unspecified atom stereocenters. The van der Waals surface area contributed by atoms with Gasteiger partial charge < -0.3 is 15.5 Å². The highest BCUT2D eigenvalue weighted by molar-refractivity contribution is 7.80. The number of carbonyl (C=O) groups is 1. The van der Waals surface area contributed by atoms with Crippen molar-refractivity contribution in [1.82, 2.24) is 10.2 Å². The van der Waals surface area contributed by atoms with E-state index in [1.165, 1.54) is 5.56 Å². The van der Waals surface area contributed by atoms with E-state index in [-0.39, 0.29) is 11.2 Å². The van der Waals surface area contributed by atoms with Crippen LogP contribution < -0.4 is 10.6 Å². The van der Waals surface area contributed by atoms with E-state index in [9.17, 15) is 4.79 Å². The van der Waals surface area contributed by atoms with Gasteiger partial charge in [0, 0.05) is 22.9 Å². The van der Waals surface area contributed by atoms with Crippen LogP contribution in [0.3, 0.4) is 0 Å². The third kappa shape index (κ3) is 5.87. The Kier molecular flexibility index (Phi) is 6.70. The SMILES string of the molecule is CN1CCC(NC(=S)Nc2cccc(C(=O)c3ccc(C(C)(C)C)cc3)c2)CC1. The van der Waals surface area contributed by atoms with E-state index in [1.807, 2.05) is 48.5 Å². The highest BCUT2D eigenvalue weighted by Gasteiger charge is 2.18. The molecule has 1 fully saturated rings. The van der Waals surface area contributed by atoms with Crippen molar-refractivity contribution in [1.29, 1.82) is 0 Å². The Labute approximate surface area is 179 Å². The molecule has 0 atom stereocenters. The first-order chi connectivity index (χ1) is 13.7. The molecular formula is C24H31N3OS. The highest BCUT2D eigenvalue weighted by atomic mass is 32.1. The van der Waals surface area contributed by atoms with Crippen LogP contribution in [0.2, 0.25) is 0 Å². The van der Waals surface area contributed by atoms with Crippen LogP contribution >= 0.6 is 12.2 Å². The minimum atomic E-state index is 0.0169. The Bertz CT molecular complexity index is 862. The van der Waals surface area contributed by atoms with Crippen LogP contribution in [0.1, 0.15) is 55.1 Å². The lowest BCUT2D eigenvalue weighted by molar-refractivity contribution is 0.103. The minimum absolute atomic E-state index is 0.0169. The molecular weight excluding hydrogens is 378 g/mol. The summed E-state index contributed by atoms with van der Waals surface area (Å²) in [5, 5.41) is 7.24. The minimum Gasteiger partial charge on any atom is -0.360 e. The Morgan fingerprint density at radius 3 is 2.31 bits per heavy atom. The number of carbonyl (C=O) groups excluding carboxylic acids is 1. The third-order valence-corrected chi connectivity index (χ3v) is 5.67. The summed E-state index contributed by atoms with van der Waals surface area (Å²) in [6.45, 7) is 8.67. The number of benzene rings is 2. The number of hydrogen-bond acceptors (Lipinski definition) is 3. The maximum Gasteiger partial charge on any atom is 0.193 e. The van der Waals surface area contributed by atoms with Crippen LogP contribution in [0.25, 0.3) is 0 Å². The number of piperidine rings is 1. The molecule has 0 radical (unpaired) electrons. The Morgan fingerprint density at radius 1 is 1.03 bits per heavy atom. The van der Waals surface area contributed by atoms with E-state index in [2.05, 4.69) is 43.4 Å². The Balaban J connectivity index is 1.64. The molecule has 5 heteroatoms. The van der Waals surface area contributed by atoms with E-state index in [0.717, 1.165) is 31.6 Å². The Morgan fingerprint density at radius 2 is 1.69 bits per heavy atom. The number of nitrogens with zero attached hydrogens (tertiary/aromatic N) is 1. The first-order valence-electron chi connectivity index (χ1n) is 10.2. The van der Waals surface area contributed by atoms with Crippen molar-refractivity contribution in [2.24, 2.45) is 0 Å². The molecule has 2 aromatic carbocycles. The van der Waals surface area contributed by atoms with E-state index >= 15 is 0 Å². The largest absolute Gasteiger partial charge is 0.360 e. The second-order valence-corrected chi connectivity index (χ2v) is 9.32. The smallest absolute Gasteiger partial charge is 0.193 e. The topological polar surface area (TPSA) is 44.4 Å². The van der Waals surface area contributed by atoms with Gasteiger partial charge in [0.2, 0.25) is 0 Å². The van der Waals surface area contributed by atoms with Crippen molar-refractivity contribution in [3.8, 4) is 0 Å². The molecule has 0 amide bonds. The zero-order valence-electron chi connectivity index (χ0n) is 17.8. The molecule has 29 heavy (non-hydrogen) atoms. The average Bonchev–Trinajstić information content (AvgIpc) is 2.69. The van der Waals surface area contributed by atoms with Crippen molar-refractivity contribution in [2.45, 2.75) is 45.1 Å². The van der Waals surface area contributed by atoms with Crippen molar-refractivity contribution >= 4 is 28.8 Å². The summed E-state index contributed by atoms with van der Waals surface area (Å²) < 4.78 is 0. The predicted octanol–water partition coefficient (Wildman–Crippen LogP) is 4.60. The van der Waals surface area contributed by atoms with Crippen molar-refractivity contribution in [2.75, 3.05) is 25.5 Å². The van der Waals surface area contributed by atoms with E-state index in [0.29, 0.717) is 22.3 Å². The zero-order chi connectivity index (χ0) is 21.0. The average molecular weight is 410 g/mol. The number of hydrogen-bond donors (Lipinski definition) is 2. The maximum absolute atomic E-state index is 12.9. The molecule has 3 rings (SSSR count). The molecule has 0 bridgehead atoms. The van der Waals surface area contributed by atoms with Gasteiger partial charge in [0.25, 0.3) is 0 Å². The number of nitrogens with one attached hydrogen (secondary N) is 2. The van der Waals surface area contributed by atoms with Gasteiger partial charge in [-0.25, -0.2) is 0 Å². The summed E-state index contributed by atoms with van der Waals surface area (Å²) in [6, 6.07) is 15.8. The second-order valence-electron chi connectivity index (χ2n) is 8.91. The molecule has 0 saturated carbocycles. The van der Waals surface area contributed by atoms with E-state index in [1.54, 1.807) is 0 Å². The summed E-state index contributed by atoms with van der Waals surface area (Å²) in [4.78, 5) is 15.2. The first kappa shape index (κ1) is 21.5. The lowest BCUT2D eigenvalue weighted by Gasteiger charge is -2.30. The van der Waals surface area contributed by atoms with Gasteiger partial charge >= 0.3 is 0 Å². The van der Waals surface area contributed by atoms with Gasteiger partial charge in [-0.15, -0.1) is 0 Å². The molecule has 0 spiro atoms. The normalized spacial score (nSPS) is 15.7. The van der Waals surface area contributed by atoms with E-state index in [4.69, 9.17) is 12.2 Å². The molecule has 2 aromatic rings. The molecule has 0 aliphatic carbocycles. The number of ketones is 1. The molecule has 1 aliphatic rings. The van der Waals surface area contributed by atoms with Crippen LogP contribution in [-0.4, -0.2) is 42.0 Å². The van der Waals surface area contributed by atoms with Gasteiger partial charge in [0.15, 0.2) is 10.9 Å². The van der Waals surface area contributed by atoms with Gasteiger partial charge in [0.05, 0.1) is 0 Å². The molecule has 1 heterocycles. The van der Waals surface area contributed by atoms with E-state index < -0.39 is 0 Å². The van der Waals surface area contributed by atoms with Gasteiger partial charge in [-0.1, -0.05) is 57.2 Å². The standard InChI is InChI=1S/C24H31N3OS/c1-24(2,3)19-10-8-17(9-11-19)22(28)18-6-5-7-21(16-18)26-23(29)25-20-12-14-27(4)15-13-20/h5-11,16,20H,12-15H2,1-4H3,(H2,25,26,29). The van der Waals surface area contributed by atoms with Gasteiger partial charge in [-0.05, 0) is 68.3 Å². The predicted molar refractivity (Wildman–Crippen MR) is 125 cm³/mol. The van der Waals surface area contributed by atoms with Crippen molar-refractivity contribution < 1.29 is 4.79 Å². The van der Waals surface area contributed by atoms with Crippen LogP contribution in [-0.2, 0) is 5.41 Å². The summed E-state index contributed by atoms with van der Waals surface area (Å²) in [7, 11) is 2.14.